The minimum Gasteiger partial charge on any atom is -0.129 e. The first-order valence-corrected chi connectivity index (χ1v) is 8.31. The Bertz CT molecular complexity index is 464. The van der Waals surface area contributed by atoms with E-state index < -0.39 is 0 Å². The van der Waals surface area contributed by atoms with Gasteiger partial charge in [0.05, 0.1) is 4.21 Å². The van der Waals surface area contributed by atoms with Gasteiger partial charge in [0.15, 0.2) is 0 Å². The van der Waals surface area contributed by atoms with Crippen LogP contribution < -0.4 is 0 Å². The second-order valence-electron chi connectivity index (χ2n) is 2.84. The van der Waals surface area contributed by atoms with Gasteiger partial charge in [0.2, 0.25) is 0 Å². The number of fused-ring (bicyclic) bond motifs is 1. The van der Waals surface area contributed by atoms with Crippen molar-refractivity contribution >= 4 is 71.7 Å². The Morgan fingerprint density at radius 2 is 2.29 bits per heavy atom. The largest absolute Gasteiger partial charge is 0.129 e. The lowest BCUT2D eigenvalue weighted by atomic mass is 10.2. The van der Waals surface area contributed by atoms with Gasteiger partial charge in [0.1, 0.15) is 0 Å². The Kier molecular flexibility index (Phi) is 3.79. The first-order valence-electron chi connectivity index (χ1n) is 4.07. The van der Waals surface area contributed by atoms with Crippen LogP contribution in [0.5, 0.6) is 0 Å². The quantitative estimate of drug-likeness (QED) is 0.384. The van der Waals surface area contributed by atoms with Crippen molar-refractivity contribution in [1.82, 2.24) is 0 Å². The zero-order valence-corrected chi connectivity index (χ0v) is 12.9. The molecule has 1 aromatic heterocycles. The number of halogens is 2. The maximum absolute atomic E-state index is 3.55. The number of hydrogen-bond donors (Lipinski definition) is 0. The van der Waals surface area contributed by atoms with Gasteiger partial charge in [0.25, 0.3) is 0 Å². The standard InChI is InChI=1S/C10H8BrIS2/c1-13-10-4-6-7(5-11)8(12)2-3-9(6)14-10/h2-4H,5H2,1H3. The number of thiophene rings is 1. The minimum absolute atomic E-state index is 0.938. The molecule has 0 N–H and O–H groups in total. The lowest BCUT2D eigenvalue weighted by molar-refractivity contribution is 1.45. The third kappa shape index (κ3) is 1.99. The molecule has 0 spiro atoms. The van der Waals surface area contributed by atoms with E-state index in [2.05, 4.69) is 63.0 Å². The second kappa shape index (κ2) is 4.72. The number of alkyl halides is 1. The van der Waals surface area contributed by atoms with E-state index >= 15 is 0 Å². The molecule has 74 valence electrons. The summed E-state index contributed by atoms with van der Waals surface area (Å²) in [5.74, 6) is 0. The van der Waals surface area contributed by atoms with E-state index in [0.29, 0.717) is 0 Å². The highest BCUT2D eigenvalue weighted by molar-refractivity contribution is 14.1. The summed E-state index contributed by atoms with van der Waals surface area (Å²) in [6.45, 7) is 0. The van der Waals surface area contributed by atoms with Gasteiger partial charge >= 0.3 is 0 Å². The molecule has 0 nitrogen and oxygen atoms in total. The van der Waals surface area contributed by atoms with E-state index in [1.54, 1.807) is 0 Å². The van der Waals surface area contributed by atoms with Crippen LogP contribution in [-0.4, -0.2) is 6.26 Å². The fourth-order valence-corrected chi connectivity index (χ4v) is 4.81. The molecular weight excluding hydrogens is 391 g/mol. The molecular formula is C10H8BrIS2. The monoisotopic (exact) mass is 398 g/mol. The highest BCUT2D eigenvalue weighted by Crippen LogP contribution is 2.35. The fraction of sp³-hybridized carbons (Fsp3) is 0.200. The van der Waals surface area contributed by atoms with Crippen molar-refractivity contribution in [2.45, 2.75) is 9.54 Å². The fourth-order valence-electron chi connectivity index (χ4n) is 1.36. The highest BCUT2D eigenvalue weighted by Gasteiger charge is 2.07. The van der Waals surface area contributed by atoms with Crippen LogP contribution in [0.2, 0.25) is 0 Å². The van der Waals surface area contributed by atoms with Crippen LogP contribution in [0.4, 0.5) is 0 Å². The first-order chi connectivity index (χ1) is 6.76. The Balaban J connectivity index is 2.73. The van der Waals surface area contributed by atoms with Gasteiger partial charge < -0.3 is 0 Å². The molecule has 0 aliphatic heterocycles. The predicted molar refractivity (Wildman–Crippen MR) is 79.0 cm³/mol. The number of hydrogen-bond acceptors (Lipinski definition) is 2. The van der Waals surface area contributed by atoms with Crippen molar-refractivity contribution in [2.75, 3.05) is 6.26 Å². The van der Waals surface area contributed by atoms with Gasteiger partial charge in [-0.05, 0) is 58.0 Å². The summed E-state index contributed by atoms with van der Waals surface area (Å²) >= 11 is 9.65. The Morgan fingerprint density at radius 3 is 2.93 bits per heavy atom. The SMILES string of the molecule is CSc1cc2c(CBr)c(I)ccc2s1. The molecule has 1 aromatic carbocycles. The van der Waals surface area contributed by atoms with Crippen LogP contribution >= 0.6 is 61.6 Å². The number of rotatable bonds is 2. The smallest absolute Gasteiger partial charge is 0.0608 e. The third-order valence-corrected chi connectivity index (χ3v) is 5.80. The van der Waals surface area contributed by atoms with E-state index in [4.69, 9.17) is 0 Å². The molecule has 2 aromatic rings. The molecule has 0 amide bonds. The minimum atomic E-state index is 0.938. The van der Waals surface area contributed by atoms with Crippen LogP contribution in [0.25, 0.3) is 10.1 Å². The molecule has 0 bridgehead atoms. The van der Waals surface area contributed by atoms with Crippen molar-refractivity contribution < 1.29 is 0 Å². The Hall–Kier alpha value is 0.740. The number of thioether (sulfide) groups is 1. The molecule has 0 saturated carbocycles. The van der Waals surface area contributed by atoms with Crippen LogP contribution in [0.3, 0.4) is 0 Å². The molecule has 0 aliphatic carbocycles. The molecule has 0 saturated heterocycles. The van der Waals surface area contributed by atoms with Crippen LogP contribution in [0.1, 0.15) is 5.56 Å². The molecule has 14 heavy (non-hydrogen) atoms. The average molecular weight is 399 g/mol. The van der Waals surface area contributed by atoms with E-state index in [-0.39, 0.29) is 0 Å². The lowest BCUT2D eigenvalue weighted by Crippen LogP contribution is -1.83. The van der Waals surface area contributed by atoms with E-state index in [9.17, 15) is 0 Å². The Morgan fingerprint density at radius 1 is 1.50 bits per heavy atom. The summed E-state index contributed by atoms with van der Waals surface area (Å²) in [7, 11) is 0. The lowest BCUT2D eigenvalue weighted by Gasteiger charge is -2.01. The molecule has 0 atom stereocenters. The maximum Gasteiger partial charge on any atom is 0.0608 e. The summed E-state index contributed by atoms with van der Waals surface area (Å²) in [5.41, 5.74) is 1.42. The molecule has 2 rings (SSSR count). The van der Waals surface area contributed by atoms with Crippen molar-refractivity contribution in [3.8, 4) is 0 Å². The zero-order chi connectivity index (χ0) is 10.1. The molecule has 0 radical (unpaired) electrons. The van der Waals surface area contributed by atoms with Crippen LogP contribution in [0.15, 0.2) is 22.4 Å². The van der Waals surface area contributed by atoms with Crippen LogP contribution in [-0.2, 0) is 5.33 Å². The van der Waals surface area contributed by atoms with Crippen molar-refractivity contribution in [3.05, 3.63) is 27.3 Å². The zero-order valence-electron chi connectivity index (χ0n) is 7.51. The topological polar surface area (TPSA) is 0 Å². The van der Waals surface area contributed by atoms with E-state index in [1.807, 2.05) is 23.1 Å². The van der Waals surface area contributed by atoms with Crippen molar-refractivity contribution in [2.24, 2.45) is 0 Å². The van der Waals surface area contributed by atoms with Gasteiger partial charge in [-0.25, -0.2) is 0 Å². The summed E-state index contributed by atoms with van der Waals surface area (Å²) in [4.78, 5) is 0. The Labute approximate surface area is 114 Å². The van der Waals surface area contributed by atoms with Gasteiger partial charge in [-0.15, -0.1) is 23.1 Å². The van der Waals surface area contributed by atoms with Crippen LogP contribution in [0, 0.1) is 3.57 Å². The summed E-state index contributed by atoms with van der Waals surface area (Å²) in [6, 6.07) is 6.71. The normalized spacial score (nSPS) is 11.1. The maximum atomic E-state index is 3.55. The van der Waals surface area contributed by atoms with Gasteiger partial charge in [-0.1, -0.05) is 15.9 Å². The molecule has 4 heteroatoms. The van der Waals surface area contributed by atoms with Crippen molar-refractivity contribution in [3.63, 3.8) is 0 Å². The van der Waals surface area contributed by atoms with Gasteiger partial charge in [-0.2, -0.15) is 0 Å². The molecule has 1 heterocycles. The molecule has 0 fully saturated rings. The summed E-state index contributed by atoms with van der Waals surface area (Å²) in [5, 5.41) is 2.34. The van der Waals surface area contributed by atoms with E-state index in [1.165, 1.54) is 23.4 Å². The highest BCUT2D eigenvalue weighted by atomic mass is 127. The average Bonchev–Trinajstić information content (AvgIpc) is 2.60. The second-order valence-corrected chi connectivity index (χ2v) is 6.75. The molecule has 0 aliphatic rings. The number of benzene rings is 1. The summed E-state index contributed by atoms with van der Waals surface area (Å²) < 4.78 is 4.13. The van der Waals surface area contributed by atoms with Gasteiger partial charge in [-0.3, -0.25) is 0 Å². The van der Waals surface area contributed by atoms with E-state index in [0.717, 1.165) is 5.33 Å². The van der Waals surface area contributed by atoms with Gasteiger partial charge in [0, 0.05) is 13.6 Å². The van der Waals surface area contributed by atoms with Crippen molar-refractivity contribution in [1.29, 1.82) is 0 Å². The third-order valence-electron chi connectivity index (χ3n) is 2.07. The predicted octanol–water partition coefficient (Wildman–Crippen LogP) is 5.12. The first kappa shape index (κ1) is 11.2. The molecule has 0 unspecified atom stereocenters. The summed E-state index contributed by atoms with van der Waals surface area (Å²) in [6.07, 6.45) is 2.13.